The van der Waals surface area contributed by atoms with Crippen LogP contribution in [0.15, 0.2) is 42.5 Å². The largest absolute Gasteiger partial charge is 0.493 e. The predicted octanol–water partition coefficient (Wildman–Crippen LogP) is 4.15. The Kier molecular flexibility index (Phi) is 5.53. The summed E-state index contributed by atoms with van der Waals surface area (Å²) < 4.78 is 35.4. The van der Waals surface area contributed by atoms with E-state index < -0.39 is 12.5 Å². The molecule has 0 aliphatic carbocycles. The fraction of sp³-hybridized carbons (Fsp3) is 0.133. The molecule has 2 rings (SSSR count). The van der Waals surface area contributed by atoms with Crippen molar-refractivity contribution in [3.8, 4) is 11.5 Å². The number of hydrogen-bond donors (Lipinski definition) is 1. The summed E-state index contributed by atoms with van der Waals surface area (Å²) in [6.07, 6.45) is 0. The van der Waals surface area contributed by atoms with Gasteiger partial charge >= 0.3 is 6.61 Å². The number of ether oxygens (including phenoxy) is 2. The van der Waals surface area contributed by atoms with Crippen molar-refractivity contribution >= 4 is 34.2 Å². The lowest BCUT2D eigenvalue weighted by molar-refractivity contribution is -0.0515. The zero-order chi connectivity index (χ0) is 16.1. The van der Waals surface area contributed by atoms with Crippen molar-refractivity contribution in [1.82, 2.24) is 0 Å². The standard InChI is InChI=1S/C15H12F2INO3/c1-21-12-8-4-5-9(13(12)22-15(16)17)14(20)19-11-7-3-2-6-10(11)18/h2-8,15H,1H3,(H,19,20). The van der Waals surface area contributed by atoms with Gasteiger partial charge in [-0.3, -0.25) is 4.79 Å². The normalized spacial score (nSPS) is 10.4. The van der Waals surface area contributed by atoms with E-state index in [-0.39, 0.29) is 17.1 Å². The van der Waals surface area contributed by atoms with Crippen molar-refractivity contribution in [1.29, 1.82) is 0 Å². The molecular weight excluding hydrogens is 407 g/mol. The average molecular weight is 419 g/mol. The number of alkyl halides is 2. The number of rotatable bonds is 5. The van der Waals surface area contributed by atoms with Crippen molar-refractivity contribution in [2.75, 3.05) is 12.4 Å². The Labute approximate surface area is 139 Å². The lowest BCUT2D eigenvalue weighted by atomic mass is 10.1. The summed E-state index contributed by atoms with van der Waals surface area (Å²) in [7, 11) is 1.31. The van der Waals surface area contributed by atoms with Gasteiger partial charge in [0, 0.05) is 3.57 Å². The van der Waals surface area contributed by atoms with Crippen molar-refractivity contribution in [2.24, 2.45) is 0 Å². The molecule has 0 spiro atoms. The number of hydrogen-bond acceptors (Lipinski definition) is 3. The quantitative estimate of drug-likeness (QED) is 0.741. The molecule has 4 nitrogen and oxygen atoms in total. The number of halogens is 3. The van der Waals surface area contributed by atoms with Crippen LogP contribution in [0.2, 0.25) is 0 Å². The van der Waals surface area contributed by atoms with Crippen LogP contribution in [0.3, 0.4) is 0 Å². The number of anilines is 1. The zero-order valence-corrected chi connectivity index (χ0v) is 13.6. The topological polar surface area (TPSA) is 47.6 Å². The van der Waals surface area contributed by atoms with E-state index in [1.807, 2.05) is 12.1 Å². The monoisotopic (exact) mass is 419 g/mol. The Morgan fingerprint density at radius 2 is 1.91 bits per heavy atom. The van der Waals surface area contributed by atoms with Crippen LogP contribution in [0.4, 0.5) is 14.5 Å². The van der Waals surface area contributed by atoms with E-state index in [0.29, 0.717) is 5.69 Å². The number of methoxy groups -OCH3 is 1. The smallest absolute Gasteiger partial charge is 0.387 e. The van der Waals surface area contributed by atoms with E-state index in [9.17, 15) is 13.6 Å². The minimum absolute atomic E-state index is 0.0284. The van der Waals surface area contributed by atoms with Gasteiger partial charge < -0.3 is 14.8 Å². The average Bonchev–Trinajstić information content (AvgIpc) is 2.49. The van der Waals surface area contributed by atoms with E-state index in [2.05, 4.69) is 32.6 Å². The minimum Gasteiger partial charge on any atom is -0.493 e. The second kappa shape index (κ2) is 7.39. The van der Waals surface area contributed by atoms with Gasteiger partial charge in [-0.15, -0.1) is 0 Å². The van der Waals surface area contributed by atoms with Gasteiger partial charge in [0.05, 0.1) is 18.4 Å². The maximum absolute atomic E-state index is 12.6. The van der Waals surface area contributed by atoms with Crippen molar-refractivity contribution in [2.45, 2.75) is 6.61 Å². The molecule has 0 aromatic heterocycles. The third kappa shape index (κ3) is 3.85. The van der Waals surface area contributed by atoms with Crippen LogP contribution < -0.4 is 14.8 Å². The molecular formula is C15H12F2INO3. The molecule has 0 saturated heterocycles. The zero-order valence-electron chi connectivity index (χ0n) is 11.5. The van der Waals surface area contributed by atoms with Gasteiger partial charge in [0.1, 0.15) is 0 Å². The maximum atomic E-state index is 12.6. The fourth-order valence-electron chi connectivity index (χ4n) is 1.82. The van der Waals surface area contributed by atoms with E-state index in [1.54, 1.807) is 12.1 Å². The molecule has 0 bridgehead atoms. The molecule has 0 aliphatic rings. The third-order valence-corrected chi connectivity index (χ3v) is 3.71. The molecule has 0 atom stereocenters. The van der Waals surface area contributed by atoms with Gasteiger partial charge in [-0.1, -0.05) is 18.2 Å². The van der Waals surface area contributed by atoms with Gasteiger partial charge in [-0.2, -0.15) is 8.78 Å². The second-order valence-electron chi connectivity index (χ2n) is 4.15. The molecule has 0 saturated carbocycles. The van der Waals surface area contributed by atoms with Crippen LogP contribution in [0.25, 0.3) is 0 Å². The minimum atomic E-state index is -3.06. The number of carbonyl (C=O) groups excluding carboxylic acids is 1. The molecule has 116 valence electrons. The highest BCUT2D eigenvalue weighted by Gasteiger charge is 2.20. The summed E-state index contributed by atoms with van der Waals surface area (Å²) >= 11 is 2.07. The lowest BCUT2D eigenvalue weighted by Gasteiger charge is -2.14. The summed E-state index contributed by atoms with van der Waals surface area (Å²) in [5.41, 5.74) is 0.554. The number of amides is 1. The molecule has 0 heterocycles. The van der Waals surface area contributed by atoms with E-state index in [0.717, 1.165) is 3.57 Å². The molecule has 7 heteroatoms. The van der Waals surface area contributed by atoms with Crippen molar-refractivity contribution in [3.05, 3.63) is 51.6 Å². The van der Waals surface area contributed by atoms with Crippen LogP contribution in [0.5, 0.6) is 11.5 Å². The number of para-hydroxylation sites is 2. The first-order valence-corrected chi connectivity index (χ1v) is 7.28. The molecule has 1 amide bonds. The predicted molar refractivity (Wildman–Crippen MR) is 86.7 cm³/mol. The number of benzene rings is 2. The summed E-state index contributed by atoms with van der Waals surface area (Å²) in [6.45, 7) is -3.06. The summed E-state index contributed by atoms with van der Waals surface area (Å²) in [6, 6.07) is 11.5. The van der Waals surface area contributed by atoms with Gasteiger partial charge in [0.25, 0.3) is 5.91 Å². The van der Waals surface area contributed by atoms with Crippen LogP contribution in [0, 0.1) is 3.57 Å². The highest BCUT2D eigenvalue weighted by atomic mass is 127. The summed E-state index contributed by atoms with van der Waals surface area (Å²) in [5.74, 6) is -0.780. The van der Waals surface area contributed by atoms with Crippen LogP contribution in [-0.4, -0.2) is 19.6 Å². The Morgan fingerprint density at radius 1 is 1.18 bits per heavy atom. The molecule has 0 aliphatic heterocycles. The molecule has 2 aromatic rings. The van der Waals surface area contributed by atoms with E-state index >= 15 is 0 Å². The van der Waals surface area contributed by atoms with Crippen molar-refractivity contribution < 1.29 is 23.0 Å². The van der Waals surface area contributed by atoms with Gasteiger partial charge in [0.2, 0.25) is 0 Å². The van der Waals surface area contributed by atoms with Gasteiger partial charge in [-0.05, 0) is 46.9 Å². The fourth-order valence-corrected chi connectivity index (χ4v) is 2.34. The molecule has 2 aromatic carbocycles. The highest BCUT2D eigenvalue weighted by molar-refractivity contribution is 14.1. The SMILES string of the molecule is COc1cccc(C(=O)Nc2ccccc2I)c1OC(F)F. The molecule has 0 fully saturated rings. The lowest BCUT2D eigenvalue weighted by Crippen LogP contribution is -2.16. The summed E-state index contributed by atoms with van der Waals surface area (Å²) in [4.78, 5) is 12.3. The number of nitrogens with one attached hydrogen (secondary N) is 1. The first-order chi connectivity index (χ1) is 10.5. The van der Waals surface area contributed by atoms with Crippen LogP contribution in [-0.2, 0) is 0 Å². The van der Waals surface area contributed by atoms with Crippen molar-refractivity contribution in [3.63, 3.8) is 0 Å². The Bertz CT molecular complexity index is 680. The summed E-state index contributed by atoms with van der Waals surface area (Å²) in [5, 5.41) is 2.66. The molecule has 0 radical (unpaired) electrons. The third-order valence-electron chi connectivity index (χ3n) is 2.77. The second-order valence-corrected chi connectivity index (χ2v) is 5.31. The Balaban J connectivity index is 2.35. The molecule has 22 heavy (non-hydrogen) atoms. The highest BCUT2D eigenvalue weighted by Crippen LogP contribution is 2.33. The van der Waals surface area contributed by atoms with E-state index in [4.69, 9.17) is 4.74 Å². The Morgan fingerprint density at radius 3 is 2.55 bits per heavy atom. The Hall–Kier alpha value is -1.90. The first kappa shape index (κ1) is 16.5. The van der Waals surface area contributed by atoms with Crippen LogP contribution in [0.1, 0.15) is 10.4 Å². The first-order valence-electron chi connectivity index (χ1n) is 6.20. The molecule has 1 N–H and O–H groups in total. The molecule has 0 unspecified atom stereocenters. The van der Waals surface area contributed by atoms with Gasteiger partial charge in [-0.25, -0.2) is 0 Å². The van der Waals surface area contributed by atoms with E-state index in [1.165, 1.54) is 25.3 Å². The number of carbonyl (C=O) groups is 1. The maximum Gasteiger partial charge on any atom is 0.387 e. The van der Waals surface area contributed by atoms with Gasteiger partial charge in [0.15, 0.2) is 11.5 Å². The van der Waals surface area contributed by atoms with Crippen LogP contribution >= 0.6 is 22.6 Å².